The van der Waals surface area contributed by atoms with E-state index in [2.05, 4.69) is 5.32 Å². The molecule has 1 aromatic carbocycles. The summed E-state index contributed by atoms with van der Waals surface area (Å²) in [7, 11) is 0. The van der Waals surface area contributed by atoms with E-state index < -0.39 is 21.8 Å². The highest BCUT2D eigenvalue weighted by Crippen LogP contribution is 2.65. The van der Waals surface area contributed by atoms with Crippen LogP contribution in [-0.2, 0) is 14.3 Å². The maximum Gasteiger partial charge on any atom is 0.338 e. The fourth-order valence-electron chi connectivity index (χ4n) is 2.93. The summed E-state index contributed by atoms with van der Waals surface area (Å²) in [5, 5.41) is 2.72. The lowest BCUT2D eigenvalue weighted by molar-refractivity contribution is -0.126. The Morgan fingerprint density at radius 2 is 2.04 bits per heavy atom. The van der Waals surface area contributed by atoms with Gasteiger partial charge in [-0.05, 0) is 45.4 Å². The number of nitrogens with zero attached hydrogens (tertiary/aromatic N) is 1. The molecule has 0 unspecified atom stereocenters. The molecule has 0 bridgehead atoms. The molecule has 2 atom stereocenters. The van der Waals surface area contributed by atoms with Crippen LogP contribution in [0.25, 0.3) is 0 Å². The summed E-state index contributed by atoms with van der Waals surface area (Å²) < 4.78 is 3.83. The lowest BCUT2D eigenvalue weighted by Gasteiger charge is -2.36. The van der Waals surface area contributed by atoms with Crippen LogP contribution in [0.1, 0.15) is 37.6 Å². The molecule has 1 N–H and O–H groups in total. The standard InChI is InChI=1S/C17H18Cl2N2O4/c1-4-25-14(23)10-5-6-12-11(7-10)20-13(22)9(2)21(12)15(24)16(3)8-17(16,18)19/h5-7,9H,4,8H2,1-3H3,(H,20,22)/t9-,16+/m0/s1. The van der Waals surface area contributed by atoms with Gasteiger partial charge in [-0.3, -0.25) is 14.5 Å². The van der Waals surface area contributed by atoms with Gasteiger partial charge in [0.05, 0.1) is 29.0 Å². The average molecular weight is 385 g/mol. The molecule has 0 spiro atoms. The third-order valence-electron chi connectivity index (χ3n) is 4.74. The molecule has 2 aliphatic rings. The molecule has 25 heavy (non-hydrogen) atoms. The Morgan fingerprint density at radius 3 is 2.60 bits per heavy atom. The largest absolute Gasteiger partial charge is 0.462 e. The lowest BCUT2D eigenvalue weighted by Crippen LogP contribution is -2.52. The van der Waals surface area contributed by atoms with E-state index in [4.69, 9.17) is 27.9 Å². The molecule has 6 nitrogen and oxygen atoms in total. The Bertz CT molecular complexity index is 780. The molecule has 1 saturated carbocycles. The molecule has 1 aliphatic heterocycles. The number of carbonyl (C=O) groups is 3. The van der Waals surface area contributed by atoms with Crippen molar-refractivity contribution in [3.8, 4) is 0 Å². The van der Waals surface area contributed by atoms with Gasteiger partial charge < -0.3 is 10.1 Å². The van der Waals surface area contributed by atoms with Crippen molar-refractivity contribution in [2.45, 2.75) is 37.6 Å². The van der Waals surface area contributed by atoms with Crippen molar-refractivity contribution in [1.29, 1.82) is 0 Å². The van der Waals surface area contributed by atoms with E-state index in [1.54, 1.807) is 32.9 Å². The number of esters is 1. The van der Waals surface area contributed by atoms with Crippen molar-refractivity contribution >= 4 is 52.4 Å². The van der Waals surface area contributed by atoms with Crippen molar-refractivity contribution in [2.75, 3.05) is 16.8 Å². The Kier molecular flexibility index (Phi) is 4.24. The number of hydrogen-bond donors (Lipinski definition) is 1. The van der Waals surface area contributed by atoms with Gasteiger partial charge in [0.25, 0.3) is 0 Å². The molecule has 2 amide bonds. The molecule has 0 aromatic heterocycles. The smallest absolute Gasteiger partial charge is 0.338 e. The maximum absolute atomic E-state index is 13.0. The summed E-state index contributed by atoms with van der Waals surface area (Å²) in [6, 6.07) is 3.97. The predicted octanol–water partition coefficient (Wildman–Crippen LogP) is 3.12. The third-order valence-corrected chi connectivity index (χ3v) is 5.84. The Balaban J connectivity index is 2.00. The van der Waals surface area contributed by atoms with Crippen LogP contribution in [0.2, 0.25) is 0 Å². The van der Waals surface area contributed by atoms with Crippen LogP contribution in [0.5, 0.6) is 0 Å². The third kappa shape index (κ3) is 2.77. The molecule has 1 aromatic rings. The molecular formula is C17H18Cl2N2O4. The highest BCUT2D eigenvalue weighted by molar-refractivity contribution is 6.53. The van der Waals surface area contributed by atoms with Crippen LogP contribution < -0.4 is 10.2 Å². The van der Waals surface area contributed by atoms with Crippen LogP contribution in [0.3, 0.4) is 0 Å². The second-order valence-electron chi connectivity index (χ2n) is 6.51. The van der Waals surface area contributed by atoms with E-state index in [9.17, 15) is 14.4 Å². The van der Waals surface area contributed by atoms with Crippen molar-refractivity contribution in [3.05, 3.63) is 23.8 Å². The van der Waals surface area contributed by atoms with Gasteiger partial charge in [0.1, 0.15) is 10.4 Å². The van der Waals surface area contributed by atoms with E-state index in [0.717, 1.165) is 0 Å². The van der Waals surface area contributed by atoms with E-state index in [1.165, 1.54) is 11.0 Å². The fourth-order valence-corrected chi connectivity index (χ4v) is 3.63. The first-order chi connectivity index (χ1) is 11.6. The summed E-state index contributed by atoms with van der Waals surface area (Å²) in [6.07, 6.45) is 0.322. The van der Waals surface area contributed by atoms with Crippen molar-refractivity contribution < 1.29 is 19.1 Å². The zero-order valence-electron chi connectivity index (χ0n) is 14.1. The average Bonchev–Trinajstić information content (AvgIpc) is 3.07. The van der Waals surface area contributed by atoms with Gasteiger partial charge in [-0.15, -0.1) is 23.2 Å². The van der Waals surface area contributed by atoms with Crippen LogP contribution in [0.4, 0.5) is 11.4 Å². The molecule has 1 heterocycles. The minimum absolute atomic E-state index is 0.246. The summed E-state index contributed by atoms with van der Waals surface area (Å²) in [6.45, 7) is 5.27. The Morgan fingerprint density at radius 1 is 1.40 bits per heavy atom. The van der Waals surface area contributed by atoms with Crippen molar-refractivity contribution in [2.24, 2.45) is 5.41 Å². The summed E-state index contributed by atoms with van der Waals surface area (Å²) in [4.78, 5) is 38.6. The number of nitrogens with one attached hydrogen (secondary N) is 1. The second-order valence-corrected chi connectivity index (χ2v) is 7.99. The van der Waals surface area contributed by atoms with Gasteiger partial charge in [0.15, 0.2) is 0 Å². The van der Waals surface area contributed by atoms with E-state index in [1.807, 2.05) is 0 Å². The minimum atomic E-state index is -1.14. The summed E-state index contributed by atoms with van der Waals surface area (Å²) >= 11 is 12.3. The number of alkyl halides is 2. The quantitative estimate of drug-likeness (QED) is 0.641. The molecule has 0 radical (unpaired) electrons. The van der Waals surface area contributed by atoms with Crippen LogP contribution in [-0.4, -0.2) is 34.8 Å². The normalized spacial score (nSPS) is 26.5. The number of anilines is 2. The topological polar surface area (TPSA) is 75.7 Å². The van der Waals surface area contributed by atoms with Crippen molar-refractivity contribution in [1.82, 2.24) is 0 Å². The molecule has 3 rings (SSSR count). The molecular weight excluding hydrogens is 367 g/mol. The second kappa shape index (κ2) is 5.88. The minimum Gasteiger partial charge on any atom is -0.462 e. The number of ether oxygens (including phenoxy) is 1. The first-order valence-corrected chi connectivity index (χ1v) is 8.71. The van der Waals surface area contributed by atoms with Crippen molar-refractivity contribution in [3.63, 3.8) is 0 Å². The number of fused-ring (bicyclic) bond motifs is 1. The number of benzene rings is 1. The molecule has 134 valence electrons. The predicted molar refractivity (Wildman–Crippen MR) is 95.1 cm³/mol. The van der Waals surface area contributed by atoms with Gasteiger partial charge in [0, 0.05) is 0 Å². The zero-order chi connectivity index (χ0) is 18.6. The van der Waals surface area contributed by atoms with Crippen LogP contribution in [0.15, 0.2) is 18.2 Å². The van der Waals surface area contributed by atoms with Gasteiger partial charge in [0.2, 0.25) is 11.8 Å². The van der Waals surface area contributed by atoms with Crippen LogP contribution >= 0.6 is 23.2 Å². The Labute approximate surface area is 155 Å². The number of amides is 2. The summed E-state index contributed by atoms with van der Waals surface area (Å²) in [5.41, 5.74) is 0.229. The molecule has 1 aliphatic carbocycles. The monoisotopic (exact) mass is 384 g/mol. The molecule has 8 heteroatoms. The highest BCUT2D eigenvalue weighted by atomic mass is 35.5. The van der Waals surface area contributed by atoms with E-state index >= 15 is 0 Å². The highest BCUT2D eigenvalue weighted by Gasteiger charge is 2.69. The number of carbonyl (C=O) groups excluding carboxylic acids is 3. The molecule has 0 saturated heterocycles. The maximum atomic E-state index is 13.0. The van der Waals surface area contributed by atoms with Gasteiger partial charge in [-0.25, -0.2) is 4.79 Å². The van der Waals surface area contributed by atoms with Crippen LogP contribution in [0, 0.1) is 5.41 Å². The lowest BCUT2D eigenvalue weighted by atomic mass is 10.0. The van der Waals surface area contributed by atoms with Gasteiger partial charge in [-0.1, -0.05) is 0 Å². The zero-order valence-corrected chi connectivity index (χ0v) is 15.6. The fraction of sp³-hybridized carbons (Fsp3) is 0.471. The SMILES string of the molecule is CCOC(=O)c1ccc2c(c1)NC(=O)[C@H](C)N2C(=O)[C@@]1(C)CC1(Cl)Cl. The van der Waals surface area contributed by atoms with Gasteiger partial charge in [-0.2, -0.15) is 0 Å². The van der Waals surface area contributed by atoms with Gasteiger partial charge >= 0.3 is 5.97 Å². The van der Waals surface area contributed by atoms with E-state index in [0.29, 0.717) is 23.4 Å². The number of halogens is 2. The number of hydrogen-bond acceptors (Lipinski definition) is 4. The summed E-state index contributed by atoms with van der Waals surface area (Å²) in [5.74, 6) is -1.16. The Hall–Kier alpha value is -1.79. The van der Waals surface area contributed by atoms with E-state index in [-0.39, 0.29) is 18.4 Å². The first-order valence-electron chi connectivity index (χ1n) is 7.96. The molecule has 1 fully saturated rings. The first kappa shape index (κ1) is 18.0. The number of rotatable bonds is 3.